The Balaban J connectivity index is 2.17. The van der Waals surface area contributed by atoms with Gasteiger partial charge in [-0.25, -0.2) is 4.79 Å². The minimum atomic E-state index is -1.28. The molecule has 0 saturated heterocycles. The van der Waals surface area contributed by atoms with Crippen molar-refractivity contribution >= 4 is 11.9 Å². The normalized spacial score (nSPS) is 15.5. The van der Waals surface area contributed by atoms with E-state index >= 15 is 0 Å². The monoisotopic (exact) mass is 279 g/mol. The molecule has 6 heteroatoms. The first-order valence-corrected chi connectivity index (χ1v) is 6.42. The number of aliphatic carboxylic acids is 1. The van der Waals surface area contributed by atoms with E-state index in [1.807, 2.05) is 6.92 Å². The van der Waals surface area contributed by atoms with E-state index < -0.39 is 17.4 Å². The maximum absolute atomic E-state index is 12.2. The van der Waals surface area contributed by atoms with Crippen molar-refractivity contribution in [3.63, 3.8) is 0 Å². The minimum absolute atomic E-state index is 0.128. The van der Waals surface area contributed by atoms with Gasteiger partial charge in [0.2, 0.25) is 6.79 Å². The fraction of sp³-hybridized carbons (Fsp3) is 0.429. The second-order valence-electron chi connectivity index (χ2n) is 4.91. The van der Waals surface area contributed by atoms with Gasteiger partial charge in [-0.2, -0.15) is 0 Å². The predicted molar refractivity (Wildman–Crippen MR) is 71.0 cm³/mol. The van der Waals surface area contributed by atoms with Gasteiger partial charge in [0.15, 0.2) is 11.5 Å². The summed E-state index contributed by atoms with van der Waals surface area (Å²) in [6, 6.07) is 4.76. The van der Waals surface area contributed by atoms with Crippen LogP contribution in [0.3, 0.4) is 0 Å². The highest BCUT2D eigenvalue weighted by atomic mass is 16.7. The van der Waals surface area contributed by atoms with Gasteiger partial charge in [0.05, 0.1) is 0 Å². The van der Waals surface area contributed by atoms with Gasteiger partial charge < -0.3 is 19.9 Å². The Morgan fingerprint density at radius 1 is 1.35 bits per heavy atom. The molecule has 0 fully saturated rings. The lowest BCUT2D eigenvalue weighted by molar-refractivity contribution is -0.144. The van der Waals surface area contributed by atoms with Gasteiger partial charge in [-0.15, -0.1) is 0 Å². The zero-order valence-electron chi connectivity index (χ0n) is 11.4. The molecule has 1 amide bonds. The Bertz CT molecular complexity index is 542. The summed E-state index contributed by atoms with van der Waals surface area (Å²) in [7, 11) is 0. The average Bonchev–Trinajstić information content (AvgIpc) is 2.85. The summed E-state index contributed by atoms with van der Waals surface area (Å²) in [5.41, 5.74) is -0.930. The molecule has 108 valence electrons. The van der Waals surface area contributed by atoms with Crippen molar-refractivity contribution in [3.05, 3.63) is 23.8 Å². The maximum Gasteiger partial charge on any atom is 0.329 e. The highest BCUT2D eigenvalue weighted by Gasteiger charge is 2.34. The highest BCUT2D eigenvalue weighted by Crippen LogP contribution is 2.32. The number of hydrogen-bond donors (Lipinski definition) is 2. The molecule has 1 aliphatic heterocycles. The molecule has 1 aromatic rings. The molecule has 0 bridgehead atoms. The third-order valence-corrected chi connectivity index (χ3v) is 3.25. The number of ether oxygens (including phenoxy) is 2. The molecule has 1 heterocycles. The van der Waals surface area contributed by atoms with Gasteiger partial charge >= 0.3 is 5.97 Å². The summed E-state index contributed by atoms with van der Waals surface area (Å²) in [6.07, 6.45) is 1.02. The van der Waals surface area contributed by atoms with Gasteiger partial charge in [-0.1, -0.05) is 13.3 Å². The summed E-state index contributed by atoms with van der Waals surface area (Å²) in [5.74, 6) is -0.420. The molecule has 2 N–H and O–H groups in total. The number of nitrogens with one attached hydrogen (secondary N) is 1. The van der Waals surface area contributed by atoms with Gasteiger partial charge in [-0.05, 0) is 31.5 Å². The molecule has 1 aromatic carbocycles. The molecule has 2 rings (SSSR count). The number of carboxylic acid groups (broad SMARTS) is 1. The lowest BCUT2D eigenvalue weighted by atomic mass is 9.95. The lowest BCUT2D eigenvalue weighted by Crippen LogP contribution is -2.52. The number of fused-ring (bicyclic) bond motifs is 1. The predicted octanol–water partition coefficient (Wildman–Crippen LogP) is 1.79. The van der Waals surface area contributed by atoms with E-state index in [2.05, 4.69) is 5.32 Å². The van der Waals surface area contributed by atoms with Crippen molar-refractivity contribution in [1.82, 2.24) is 5.32 Å². The summed E-state index contributed by atoms with van der Waals surface area (Å²) in [4.78, 5) is 23.5. The first kappa shape index (κ1) is 14.2. The summed E-state index contributed by atoms with van der Waals surface area (Å²) in [6.45, 7) is 3.50. The molecule has 1 aliphatic rings. The largest absolute Gasteiger partial charge is 0.480 e. The van der Waals surface area contributed by atoms with E-state index in [4.69, 9.17) is 9.47 Å². The fourth-order valence-electron chi connectivity index (χ4n) is 2.08. The van der Waals surface area contributed by atoms with Crippen molar-refractivity contribution in [1.29, 1.82) is 0 Å². The Hall–Kier alpha value is -2.24. The van der Waals surface area contributed by atoms with Crippen LogP contribution in [-0.2, 0) is 4.79 Å². The van der Waals surface area contributed by atoms with Crippen LogP contribution in [0.4, 0.5) is 0 Å². The topological polar surface area (TPSA) is 84.9 Å². The molecule has 0 aliphatic carbocycles. The van der Waals surface area contributed by atoms with Crippen LogP contribution in [0.5, 0.6) is 11.5 Å². The van der Waals surface area contributed by atoms with Crippen molar-refractivity contribution in [2.45, 2.75) is 32.2 Å². The van der Waals surface area contributed by atoms with Crippen LogP contribution in [0.15, 0.2) is 18.2 Å². The number of hydrogen-bond acceptors (Lipinski definition) is 4. The Labute approximate surface area is 116 Å². The molecule has 0 radical (unpaired) electrons. The van der Waals surface area contributed by atoms with Crippen LogP contribution >= 0.6 is 0 Å². The number of carbonyl (C=O) groups excluding carboxylic acids is 1. The van der Waals surface area contributed by atoms with Crippen molar-refractivity contribution in [2.75, 3.05) is 6.79 Å². The van der Waals surface area contributed by atoms with Crippen molar-refractivity contribution in [2.24, 2.45) is 0 Å². The number of carboxylic acids is 1. The second kappa shape index (κ2) is 5.40. The number of amides is 1. The third kappa shape index (κ3) is 2.68. The molecule has 0 aromatic heterocycles. The second-order valence-corrected chi connectivity index (χ2v) is 4.91. The van der Waals surface area contributed by atoms with Gasteiger partial charge in [-0.3, -0.25) is 4.79 Å². The maximum atomic E-state index is 12.2. The van der Waals surface area contributed by atoms with Crippen LogP contribution in [0.25, 0.3) is 0 Å². The SMILES string of the molecule is CCCC(C)(NC(=O)c1ccc2c(c1)OCO2)C(=O)O. The molecular weight excluding hydrogens is 262 g/mol. The van der Waals surface area contributed by atoms with E-state index in [1.54, 1.807) is 18.2 Å². The van der Waals surface area contributed by atoms with E-state index in [0.29, 0.717) is 29.9 Å². The Morgan fingerprint density at radius 2 is 2.05 bits per heavy atom. The number of carbonyl (C=O) groups is 2. The zero-order valence-corrected chi connectivity index (χ0v) is 11.4. The van der Waals surface area contributed by atoms with Crippen LogP contribution in [0.2, 0.25) is 0 Å². The van der Waals surface area contributed by atoms with Crippen LogP contribution in [0.1, 0.15) is 37.0 Å². The van der Waals surface area contributed by atoms with E-state index in [0.717, 1.165) is 0 Å². The molecule has 0 saturated carbocycles. The summed E-state index contributed by atoms with van der Waals surface area (Å²) in [5, 5.41) is 11.8. The molecule has 1 atom stereocenters. The summed E-state index contributed by atoms with van der Waals surface area (Å²) < 4.78 is 10.4. The fourth-order valence-corrected chi connectivity index (χ4v) is 2.08. The average molecular weight is 279 g/mol. The Morgan fingerprint density at radius 3 is 2.70 bits per heavy atom. The van der Waals surface area contributed by atoms with Crippen LogP contribution in [-0.4, -0.2) is 29.3 Å². The quantitative estimate of drug-likeness (QED) is 0.858. The molecular formula is C14H17NO5. The van der Waals surface area contributed by atoms with E-state index in [1.165, 1.54) is 6.92 Å². The highest BCUT2D eigenvalue weighted by molar-refractivity contribution is 5.98. The molecule has 0 spiro atoms. The third-order valence-electron chi connectivity index (χ3n) is 3.25. The minimum Gasteiger partial charge on any atom is -0.480 e. The first-order chi connectivity index (χ1) is 9.46. The molecule has 1 unspecified atom stereocenters. The van der Waals surface area contributed by atoms with E-state index in [-0.39, 0.29) is 6.79 Å². The molecule has 20 heavy (non-hydrogen) atoms. The van der Waals surface area contributed by atoms with Gasteiger partial charge in [0, 0.05) is 5.56 Å². The van der Waals surface area contributed by atoms with Crippen molar-refractivity contribution in [3.8, 4) is 11.5 Å². The van der Waals surface area contributed by atoms with Crippen LogP contribution < -0.4 is 14.8 Å². The van der Waals surface area contributed by atoms with E-state index in [9.17, 15) is 14.7 Å². The standard InChI is InChI=1S/C14H17NO5/c1-3-6-14(2,13(17)18)15-12(16)9-4-5-10-11(7-9)20-8-19-10/h4-5,7H,3,6,8H2,1-2H3,(H,15,16)(H,17,18). The van der Waals surface area contributed by atoms with Gasteiger partial charge in [0.1, 0.15) is 5.54 Å². The molecule has 6 nitrogen and oxygen atoms in total. The zero-order chi connectivity index (χ0) is 14.8. The smallest absolute Gasteiger partial charge is 0.329 e. The lowest BCUT2D eigenvalue weighted by Gasteiger charge is -2.25. The Kier molecular flexibility index (Phi) is 3.83. The summed E-state index contributed by atoms with van der Waals surface area (Å²) >= 11 is 0. The number of rotatable bonds is 5. The van der Waals surface area contributed by atoms with Crippen molar-refractivity contribution < 1.29 is 24.2 Å². The first-order valence-electron chi connectivity index (χ1n) is 6.42. The number of benzene rings is 1. The van der Waals surface area contributed by atoms with Gasteiger partial charge in [0.25, 0.3) is 5.91 Å². The van der Waals surface area contributed by atoms with Crippen LogP contribution in [0, 0.1) is 0 Å².